The van der Waals surface area contributed by atoms with Gasteiger partial charge in [-0.25, -0.2) is 0 Å². The Balaban J connectivity index is 0.000000853. The number of rotatable bonds is 0. The number of benzene rings is 1. The van der Waals surface area contributed by atoms with Crippen molar-refractivity contribution >= 4 is 18.1 Å². The molecule has 15 heavy (non-hydrogen) atoms. The minimum atomic E-state index is 0. The van der Waals surface area contributed by atoms with E-state index in [2.05, 4.69) is 5.32 Å². The maximum atomic E-state index is 9.36. The van der Waals surface area contributed by atoms with Gasteiger partial charge in [-0.3, -0.25) is 0 Å². The van der Waals surface area contributed by atoms with Crippen molar-refractivity contribution in [1.29, 1.82) is 0 Å². The first-order valence-corrected chi connectivity index (χ1v) is 4.95. The third-order valence-electron chi connectivity index (χ3n) is 3.30. The number of anilines is 1. The second-order valence-corrected chi connectivity index (χ2v) is 4.17. The summed E-state index contributed by atoms with van der Waals surface area (Å²) in [5.41, 5.74) is 2.53. The van der Waals surface area contributed by atoms with Crippen LogP contribution in [0.15, 0.2) is 18.2 Å². The second-order valence-electron chi connectivity index (χ2n) is 4.17. The topological polar surface area (TPSA) is 41.5 Å². The summed E-state index contributed by atoms with van der Waals surface area (Å²) in [5.74, 6) is 0.326. The fourth-order valence-electron chi connectivity index (χ4n) is 2.46. The number of phenolic OH excluding ortho intramolecular Hbond substituents is 1. The minimum absolute atomic E-state index is 0. The van der Waals surface area contributed by atoms with Crippen molar-refractivity contribution in [3.05, 3.63) is 23.8 Å². The average molecular weight is 228 g/mol. The maximum Gasteiger partial charge on any atom is 0.117 e. The van der Waals surface area contributed by atoms with E-state index >= 15 is 0 Å². The van der Waals surface area contributed by atoms with Gasteiger partial charge in [0.25, 0.3) is 0 Å². The molecule has 3 nitrogen and oxygen atoms in total. The Morgan fingerprint density at radius 2 is 2.27 bits per heavy atom. The summed E-state index contributed by atoms with van der Waals surface area (Å²) in [7, 11) is 0. The molecule has 4 heteroatoms. The van der Waals surface area contributed by atoms with Crippen LogP contribution in [-0.4, -0.2) is 24.9 Å². The predicted molar refractivity (Wildman–Crippen MR) is 61.0 cm³/mol. The fraction of sp³-hybridized carbons (Fsp3) is 0.455. The summed E-state index contributed by atoms with van der Waals surface area (Å²) >= 11 is 0. The number of hydrogen-bond donors (Lipinski definition) is 2. The number of nitrogens with one attached hydrogen (secondary N) is 1. The molecule has 2 heterocycles. The lowest BCUT2D eigenvalue weighted by atomic mass is 9.82. The zero-order valence-corrected chi connectivity index (χ0v) is 9.14. The van der Waals surface area contributed by atoms with Gasteiger partial charge in [0.15, 0.2) is 0 Å². The first-order valence-electron chi connectivity index (χ1n) is 4.95. The first kappa shape index (κ1) is 10.6. The van der Waals surface area contributed by atoms with Crippen LogP contribution in [0.3, 0.4) is 0 Å². The van der Waals surface area contributed by atoms with Crippen molar-refractivity contribution in [2.75, 3.05) is 25.1 Å². The Kier molecular flexibility index (Phi) is 2.52. The Bertz CT molecular complexity index is 375. The summed E-state index contributed by atoms with van der Waals surface area (Å²) in [5, 5.41) is 12.7. The molecule has 0 aliphatic carbocycles. The van der Waals surface area contributed by atoms with E-state index in [4.69, 9.17) is 4.74 Å². The third-order valence-corrected chi connectivity index (χ3v) is 3.30. The molecule has 1 aromatic rings. The molecule has 1 spiro atoms. The standard InChI is InChI=1S/C11H13NO2.ClH/c13-8-1-2-9-10(5-8)12-6-11(9)3-4-14-7-11;/h1-2,5,12-13H,3-4,6-7H2;1H. The molecule has 1 unspecified atom stereocenters. The summed E-state index contributed by atoms with van der Waals surface area (Å²) in [4.78, 5) is 0. The molecule has 82 valence electrons. The van der Waals surface area contributed by atoms with Crippen molar-refractivity contribution in [2.45, 2.75) is 11.8 Å². The quantitative estimate of drug-likeness (QED) is 0.711. The van der Waals surface area contributed by atoms with Gasteiger partial charge < -0.3 is 15.2 Å². The fourth-order valence-corrected chi connectivity index (χ4v) is 2.46. The molecule has 0 amide bonds. The highest BCUT2D eigenvalue weighted by atomic mass is 35.5. The van der Waals surface area contributed by atoms with Crippen molar-refractivity contribution in [2.24, 2.45) is 0 Å². The van der Waals surface area contributed by atoms with Gasteiger partial charge in [-0.15, -0.1) is 12.4 Å². The molecule has 2 aliphatic rings. The van der Waals surface area contributed by atoms with E-state index in [1.807, 2.05) is 6.07 Å². The van der Waals surface area contributed by atoms with Gasteiger partial charge in [0.1, 0.15) is 5.75 Å². The SMILES string of the molecule is Cl.Oc1ccc2c(c1)NCC21CCOC1. The molecule has 1 aromatic carbocycles. The number of fused-ring (bicyclic) bond motifs is 2. The lowest BCUT2D eigenvalue weighted by molar-refractivity contribution is 0.181. The van der Waals surface area contributed by atoms with Gasteiger partial charge in [0.05, 0.1) is 6.61 Å². The van der Waals surface area contributed by atoms with Gasteiger partial charge >= 0.3 is 0 Å². The van der Waals surface area contributed by atoms with E-state index in [9.17, 15) is 5.11 Å². The van der Waals surface area contributed by atoms with Crippen LogP contribution in [0.1, 0.15) is 12.0 Å². The molecule has 2 N–H and O–H groups in total. The van der Waals surface area contributed by atoms with E-state index in [1.54, 1.807) is 12.1 Å². The molecule has 0 saturated carbocycles. The average Bonchev–Trinajstić information content (AvgIpc) is 2.77. The van der Waals surface area contributed by atoms with Crippen molar-refractivity contribution in [3.8, 4) is 5.75 Å². The van der Waals surface area contributed by atoms with E-state index < -0.39 is 0 Å². The second kappa shape index (κ2) is 3.58. The monoisotopic (exact) mass is 227 g/mol. The number of phenols is 1. The molecule has 1 fully saturated rings. The molecule has 1 atom stereocenters. The van der Waals surface area contributed by atoms with Gasteiger partial charge in [-0.05, 0) is 18.1 Å². The Labute approximate surface area is 94.9 Å². The van der Waals surface area contributed by atoms with E-state index in [0.717, 1.165) is 31.9 Å². The van der Waals surface area contributed by atoms with Crippen molar-refractivity contribution in [3.63, 3.8) is 0 Å². The van der Waals surface area contributed by atoms with Gasteiger partial charge in [-0.1, -0.05) is 6.07 Å². The Morgan fingerprint density at radius 1 is 1.40 bits per heavy atom. The zero-order valence-electron chi connectivity index (χ0n) is 8.32. The molecular formula is C11H14ClNO2. The van der Waals surface area contributed by atoms with Gasteiger partial charge in [-0.2, -0.15) is 0 Å². The molecule has 0 radical (unpaired) electrons. The highest BCUT2D eigenvalue weighted by Crippen LogP contribution is 2.43. The summed E-state index contributed by atoms with van der Waals surface area (Å²) < 4.78 is 5.47. The van der Waals surface area contributed by atoms with E-state index in [1.165, 1.54) is 5.56 Å². The van der Waals surface area contributed by atoms with Crippen LogP contribution in [0.25, 0.3) is 0 Å². The number of hydrogen-bond acceptors (Lipinski definition) is 3. The van der Waals surface area contributed by atoms with Crippen LogP contribution in [0.2, 0.25) is 0 Å². The number of aromatic hydroxyl groups is 1. The molecule has 0 bridgehead atoms. The van der Waals surface area contributed by atoms with Crippen LogP contribution >= 0.6 is 12.4 Å². The van der Waals surface area contributed by atoms with Gasteiger partial charge in [0.2, 0.25) is 0 Å². The van der Waals surface area contributed by atoms with Crippen LogP contribution in [-0.2, 0) is 10.2 Å². The minimum Gasteiger partial charge on any atom is -0.508 e. The van der Waals surface area contributed by atoms with Crippen molar-refractivity contribution in [1.82, 2.24) is 0 Å². The molecular weight excluding hydrogens is 214 g/mol. The lowest BCUT2D eigenvalue weighted by Gasteiger charge is -2.20. The molecule has 1 saturated heterocycles. The Hall–Kier alpha value is -0.930. The summed E-state index contributed by atoms with van der Waals surface area (Å²) in [6, 6.07) is 5.56. The first-order chi connectivity index (χ1) is 6.80. The molecule has 0 aromatic heterocycles. The molecule has 2 aliphatic heterocycles. The van der Waals surface area contributed by atoms with Gasteiger partial charge in [0, 0.05) is 30.3 Å². The lowest BCUT2D eigenvalue weighted by Crippen LogP contribution is -2.28. The predicted octanol–water partition coefficient (Wildman–Crippen LogP) is 1.90. The highest BCUT2D eigenvalue weighted by Gasteiger charge is 2.42. The van der Waals surface area contributed by atoms with E-state index in [-0.39, 0.29) is 17.8 Å². The van der Waals surface area contributed by atoms with Crippen LogP contribution < -0.4 is 5.32 Å². The summed E-state index contributed by atoms with van der Waals surface area (Å²) in [6.45, 7) is 2.59. The third kappa shape index (κ3) is 1.46. The maximum absolute atomic E-state index is 9.36. The Morgan fingerprint density at radius 3 is 3.00 bits per heavy atom. The van der Waals surface area contributed by atoms with Crippen LogP contribution in [0.4, 0.5) is 5.69 Å². The summed E-state index contributed by atoms with van der Waals surface area (Å²) in [6.07, 6.45) is 1.08. The van der Waals surface area contributed by atoms with Crippen molar-refractivity contribution < 1.29 is 9.84 Å². The van der Waals surface area contributed by atoms with Crippen LogP contribution in [0.5, 0.6) is 5.75 Å². The largest absolute Gasteiger partial charge is 0.508 e. The normalized spacial score (nSPS) is 27.2. The zero-order chi connectivity index (χ0) is 9.60. The number of ether oxygens (including phenoxy) is 1. The molecule has 3 rings (SSSR count). The smallest absolute Gasteiger partial charge is 0.117 e. The van der Waals surface area contributed by atoms with Crippen LogP contribution in [0, 0.1) is 0 Å². The number of halogens is 1. The van der Waals surface area contributed by atoms with E-state index in [0.29, 0.717) is 5.75 Å². The highest BCUT2D eigenvalue weighted by molar-refractivity contribution is 5.85.